The summed E-state index contributed by atoms with van der Waals surface area (Å²) in [5.41, 5.74) is 4.30. The van der Waals surface area contributed by atoms with Gasteiger partial charge in [0.15, 0.2) is 0 Å². The second-order valence-corrected chi connectivity index (χ2v) is 5.60. The third-order valence-electron chi connectivity index (χ3n) is 4.21. The van der Waals surface area contributed by atoms with Gasteiger partial charge >= 0.3 is 0 Å². The average Bonchev–Trinajstić information content (AvgIpc) is 2.53. The van der Waals surface area contributed by atoms with E-state index in [-0.39, 0.29) is 0 Å². The van der Waals surface area contributed by atoms with Gasteiger partial charge in [-0.05, 0) is 43.1 Å². The van der Waals surface area contributed by atoms with Gasteiger partial charge in [-0.2, -0.15) is 0 Å². The van der Waals surface area contributed by atoms with Crippen LogP contribution < -0.4 is 10.6 Å². The van der Waals surface area contributed by atoms with Crippen molar-refractivity contribution in [3.63, 3.8) is 0 Å². The van der Waals surface area contributed by atoms with Crippen molar-refractivity contribution in [2.24, 2.45) is 0 Å². The summed E-state index contributed by atoms with van der Waals surface area (Å²) in [4.78, 5) is 2.50. The SMILES string of the molecule is c1cc2c(c(NCCCN3CCOCC3)c1)CCNC2. The van der Waals surface area contributed by atoms with Crippen LogP contribution in [0.5, 0.6) is 0 Å². The first-order chi connectivity index (χ1) is 9.93. The lowest BCUT2D eigenvalue weighted by molar-refractivity contribution is 0.0378. The molecule has 2 heterocycles. The maximum absolute atomic E-state index is 5.37. The number of anilines is 1. The van der Waals surface area contributed by atoms with Crippen molar-refractivity contribution in [3.8, 4) is 0 Å². The van der Waals surface area contributed by atoms with Crippen LogP contribution in [0.3, 0.4) is 0 Å². The Hall–Kier alpha value is -1.10. The summed E-state index contributed by atoms with van der Waals surface area (Å²) in [6, 6.07) is 6.62. The highest BCUT2D eigenvalue weighted by Crippen LogP contribution is 2.22. The molecule has 110 valence electrons. The first-order valence-corrected chi connectivity index (χ1v) is 7.79. The molecule has 0 bridgehead atoms. The molecule has 1 aromatic carbocycles. The molecule has 1 saturated heterocycles. The lowest BCUT2D eigenvalue weighted by Gasteiger charge is -2.26. The van der Waals surface area contributed by atoms with E-state index in [1.54, 1.807) is 0 Å². The van der Waals surface area contributed by atoms with Crippen LogP contribution in [0.25, 0.3) is 0 Å². The Kier molecular flexibility index (Phi) is 4.90. The minimum absolute atomic E-state index is 0.895. The van der Waals surface area contributed by atoms with Gasteiger partial charge in [0, 0.05) is 31.9 Å². The van der Waals surface area contributed by atoms with E-state index in [4.69, 9.17) is 4.74 Å². The molecule has 0 aromatic heterocycles. The molecule has 1 aromatic rings. The maximum atomic E-state index is 5.37. The van der Waals surface area contributed by atoms with Crippen LogP contribution >= 0.6 is 0 Å². The van der Waals surface area contributed by atoms with Gasteiger partial charge in [-0.3, -0.25) is 4.90 Å². The fourth-order valence-corrected chi connectivity index (χ4v) is 3.05. The fourth-order valence-electron chi connectivity index (χ4n) is 3.05. The summed E-state index contributed by atoms with van der Waals surface area (Å²) in [6.45, 7) is 8.31. The van der Waals surface area contributed by atoms with Gasteiger partial charge < -0.3 is 15.4 Å². The van der Waals surface area contributed by atoms with Crippen molar-refractivity contribution in [2.45, 2.75) is 19.4 Å². The largest absolute Gasteiger partial charge is 0.385 e. The van der Waals surface area contributed by atoms with Gasteiger partial charge in [-0.25, -0.2) is 0 Å². The van der Waals surface area contributed by atoms with Crippen LogP contribution in [-0.2, 0) is 17.7 Å². The van der Waals surface area contributed by atoms with Gasteiger partial charge in [-0.1, -0.05) is 12.1 Å². The third kappa shape index (κ3) is 3.51. The van der Waals surface area contributed by atoms with Gasteiger partial charge in [0.05, 0.1) is 13.2 Å². The quantitative estimate of drug-likeness (QED) is 0.798. The van der Waals surface area contributed by atoms with E-state index in [9.17, 15) is 0 Å². The summed E-state index contributed by atoms with van der Waals surface area (Å²) >= 11 is 0. The number of hydrogen-bond acceptors (Lipinski definition) is 4. The molecule has 0 amide bonds. The Morgan fingerprint density at radius 3 is 3.05 bits per heavy atom. The van der Waals surface area contributed by atoms with E-state index in [1.807, 2.05) is 0 Å². The lowest BCUT2D eigenvalue weighted by atomic mass is 9.99. The first kappa shape index (κ1) is 13.9. The van der Waals surface area contributed by atoms with Gasteiger partial charge in [0.2, 0.25) is 0 Å². The Morgan fingerprint density at radius 2 is 2.15 bits per heavy atom. The fraction of sp³-hybridized carbons (Fsp3) is 0.625. The summed E-state index contributed by atoms with van der Waals surface area (Å²) in [5.74, 6) is 0. The van der Waals surface area contributed by atoms with Crippen LogP contribution in [0, 0.1) is 0 Å². The molecule has 0 radical (unpaired) electrons. The number of hydrogen-bond donors (Lipinski definition) is 2. The van der Waals surface area contributed by atoms with Crippen LogP contribution in [0.2, 0.25) is 0 Å². The number of rotatable bonds is 5. The molecule has 0 atom stereocenters. The predicted octanol–water partition coefficient (Wildman–Crippen LogP) is 1.47. The number of nitrogens with one attached hydrogen (secondary N) is 2. The number of fused-ring (bicyclic) bond motifs is 1. The number of morpholine rings is 1. The third-order valence-corrected chi connectivity index (χ3v) is 4.21. The normalized spacial score (nSPS) is 19.6. The minimum Gasteiger partial charge on any atom is -0.385 e. The smallest absolute Gasteiger partial charge is 0.0594 e. The van der Waals surface area contributed by atoms with E-state index in [1.165, 1.54) is 29.8 Å². The van der Waals surface area contributed by atoms with Crippen molar-refractivity contribution in [3.05, 3.63) is 29.3 Å². The summed E-state index contributed by atoms with van der Waals surface area (Å²) < 4.78 is 5.37. The predicted molar refractivity (Wildman–Crippen MR) is 82.2 cm³/mol. The zero-order chi connectivity index (χ0) is 13.6. The minimum atomic E-state index is 0.895. The molecule has 3 rings (SSSR count). The topological polar surface area (TPSA) is 36.5 Å². The van der Waals surface area contributed by atoms with Crippen molar-refractivity contribution in [1.82, 2.24) is 10.2 Å². The Labute approximate surface area is 121 Å². The van der Waals surface area contributed by atoms with E-state index in [0.717, 1.165) is 52.4 Å². The molecule has 2 aliphatic heterocycles. The Balaban J connectivity index is 1.46. The second-order valence-electron chi connectivity index (χ2n) is 5.60. The van der Waals surface area contributed by atoms with E-state index >= 15 is 0 Å². The molecular formula is C16H25N3O. The average molecular weight is 275 g/mol. The van der Waals surface area contributed by atoms with Crippen LogP contribution in [-0.4, -0.2) is 50.8 Å². The van der Waals surface area contributed by atoms with Gasteiger partial charge in [0.1, 0.15) is 0 Å². The molecule has 4 nitrogen and oxygen atoms in total. The Bertz CT molecular complexity index is 430. The molecule has 2 N–H and O–H groups in total. The van der Waals surface area contributed by atoms with Crippen molar-refractivity contribution < 1.29 is 4.74 Å². The number of ether oxygens (including phenoxy) is 1. The second kappa shape index (κ2) is 7.07. The molecule has 20 heavy (non-hydrogen) atoms. The highest BCUT2D eigenvalue weighted by Gasteiger charge is 2.12. The molecule has 0 spiro atoms. The molecule has 0 saturated carbocycles. The molecule has 4 heteroatoms. The molecular weight excluding hydrogens is 250 g/mol. The van der Waals surface area contributed by atoms with Gasteiger partial charge in [0.25, 0.3) is 0 Å². The van der Waals surface area contributed by atoms with Crippen molar-refractivity contribution in [1.29, 1.82) is 0 Å². The van der Waals surface area contributed by atoms with Crippen molar-refractivity contribution >= 4 is 5.69 Å². The maximum Gasteiger partial charge on any atom is 0.0594 e. The number of benzene rings is 1. The molecule has 0 aliphatic carbocycles. The van der Waals surface area contributed by atoms with Gasteiger partial charge in [-0.15, -0.1) is 0 Å². The monoisotopic (exact) mass is 275 g/mol. The van der Waals surface area contributed by atoms with Crippen LogP contribution in [0.1, 0.15) is 17.5 Å². The summed E-state index contributed by atoms with van der Waals surface area (Å²) in [5, 5.41) is 7.06. The summed E-state index contributed by atoms with van der Waals surface area (Å²) in [7, 11) is 0. The molecule has 1 fully saturated rings. The van der Waals surface area contributed by atoms with E-state index in [2.05, 4.69) is 33.7 Å². The summed E-state index contributed by atoms with van der Waals surface area (Å²) in [6.07, 6.45) is 2.34. The van der Waals surface area contributed by atoms with Crippen LogP contribution in [0.15, 0.2) is 18.2 Å². The van der Waals surface area contributed by atoms with E-state index < -0.39 is 0 Å². The zero-order valence-electron chi connectivity index (χ0n) is 12.2. The van der Waals surface area contributed by atoms with E-state index in [0.29, 0.717) is 0 Å². The zero-order valence-corrected chi connectivity index (χ0v) is 12.2. The molecule has 2 aliphatic rings. The first-order valence-electron chi connectivity index (χ1n) is 7.79. The number of nitrogens with zero attached hydrogens (tertiary/aromatic N) is 1. The molecule has 0 unspecified atom stereocenters. The lowest BCUT2D eigenvalue weighted by Crippen LogP contribution is -2.37. The Morgan fingerprint density at radius 1 is 1.25 bits per heavy atom. The highest BCUT2D eigenvalue weighted by molar-refractivity contribution is 5.55. The highest BCUT2D eigenvalue weighted by atomic mass is 16.5. The van der Waals surface area contributed by atoms with Crippen LogP contribution in [0.4, 0.5) is 5.69 Å². The van der Waals surface area contributed by atoms with Crippen molar-refractivity contribution in [2.75, 3.05) is 51.3 Å². The standard InChI is InChI=1S/C16H25N3O/c1-3-14-13-17-7-5-15(14)16(4-1)18-6-2-8-19-9-11-20-12-10-19/h1,3-4,17-18H,2,5-13H2.